The molecule has 0 aliphatic carbocycles. The third-order valence-corrected chi connectivity index (χ3v) is 2.93. The van der Waals surface area contributed by atoms with Gasteiger partial charge in [0.25, 0.3) is 0 Å². The summed E-state index contributed by atoms with van der Waals surface area (Å²) < 4.78 is 89.3. The van der Waals surface area contributed by atoms with Crippen LogP contribution in [-0.2, 0) is 12.4 Å². The quantitative estimate of drug-likeness (QED) is 0.464. The second-order valence-electron chi connectivity index (χ2n) is 4.73. The lowest BCUT2D eigenvalue weighted by molar-refractivity contribution is -0.143. The smallest absolute Gasteiger partial charge is 0.207 e. The fourth-order valence-electron chi connectivity index (χ4n) is 1.88. The van der Waals surface area contributed by atoms with E-state index in [0.29, 0.717) is 17.7 Å². The molecule has 0 aromatic heterocycles. The molecule has 0 N–H and O–H groups in total. The highest BCUT2D eigenvalue weighted by molar-refractivity contribution is 5.70. The molecule has 0 unspecified atom stereocenters. The Morgan fingerprint density at radius 3 is 1.65 bits per heavy atom. The fraction of sp³-hybridized carbons (Fsp3) is 0.125. The van der Waals surface area contributed by atoms with E-state index in [1.807, 2.05) is 0 Å². The van der Waals surface area contributed by atoms with Gasteiger partial charge in [-0.2, -0.15) is 26.3 Å². The van der Waals surface area contributed by atoms with E-state index in [9.17, 15) is 30.7 Å². The highest BCUT2D eigenvalue weighted by Gasteiger charge is 2.36. The van der Waals surface area contributed by atoms with Crippen molar-refractivity contribution in [3.05, 3.63) is 70.5 Å². The van der Waals surface area contributed by atoms with E-state index < -0.39 is 29.3 Å². The summed E-state index contributed by atoms with van der Waals surface area (Å²) in [7, 11) is 0. The topological polar surface area (TPSA) is 0 Å². The molecule has 0 aliphatic rings. The molecule has 0 spiro atoms. The van der Waals surface area contributed by atoms with Crippen molar-refractivity contribution in [3.8, 4) is 0 Å². The van der Waals surface area contributed by atoms with Crippen LogP contribution in [0.25, 0.3) is 12.2 Å². The van der Waals surface area contributed by atoms with Gasteiger partial charge in [0.1, 0.15) is 5.82 Å². The minimum absolute atomic E-state index is 0.0551. The first-order valence-electron chi connectivity index (χ1n) is 6.29. The van der Waals surface area contributed by atoms with Crippen molar-refractivity contribution >= 4 is 12.2 Å². The number of hydrogen-bond donors (Lipinski definition) is 0. The van der Waals surface area contributed by atoms with E-state index in [1.165, 1.54) is 24.3 Å². The van der Waals surface area contributed by atoms with Crippen LogP contribution in [0.1, 0.15) is 22.3 Å². The predicted molar refractivity (Wildman–Crippen MR) is 71.8 cm³/mol. The highest BCUT2D eigenvalue weighted by Crippen LogP contribution is 2.36. The van der Waals surface area contributed by atoms with E-state index >= 15 is 0 Å². The van der Waals surface area contributed by atoms with Crippen LogP contribution in [-0.4, -0.2) is 0 Å². The van der Waals surface area contributed by atoms with Gasteiger partial charge in [0.15, 0.2) is 0 Å². The Labute approximate surface area is 126 Å². The van der Waals surface area contributed by atoms with Gasteiger partial charge in [0, 0.05) is 0 Å². The van der Waals surface area contributed by atoms with Crippen LogP contribution < -0.4 is 0 Å². The summed E-state index contributed by atoms with van der Waals surface area (Å²) in [6.45, 7) is 0. The molecule has 0 nitrogen and oxygen atoms in total. The van der Waals surface area contributed by atoms with Crippen LogP contribution in [0.5, 0.6) is 0 Å². The molecule has 2 aromatic carbocycles. The van der Waals surface area contributed by atoms with E-state index in [0.717, 1.165) is 12.1 Å². The van der Waals surface area contributed by atoms with Crippen LogP contribution in [0.4, 0.5) is 30.7 Å². The molecule has 2 aromatic rings. The van der Waals surface area contributed by atoms with Gasteiger partial charge in [0.05, 0.1) is 11.1 Å². The maximum Gasteiger partial charge on any atom is 0.416 e. The summed E-state index contributed by atoms with van der Waals surface area (Å²) in [6, 6.07) is 6.38. The van der Waals surface area contributed by atoms with Gasteiger partial charge in [-0.15, -0.1) is 0 Å². The molecular formula is C16H9F7. The Bertz CT molecular complexity index is 692. The molecule has 7 heteroatoms. The number of halogens is 7. The Balaban J connectivity index is 2.45. The SMILES string of the molecule is Fc1cccc(C=Cc2cc(C(F)(F)F)cc(C(F)(F)F)c2)c1. The fourth-order valence-corrected chi connectivity index (χ4v) is 1.88. The number of hydrogen-bond acceptors (Lipinski definition) is 0. The molecule has 0 fully saturated rings. The lowest BCUT2D eigenvalue weighted by Gasteiger charge is -2.12. The molecule has 122 valence electrons. The summed E-state index contributed by atoms with van der Waals surface area (Å²) in [5.41, 5.74) is -2.76. The van der Waals surface area contributed by atoms with Crippen molar-refractivity contribution in [2.75, 3.05) is 0 Å². The monoisotopic (exact) mass is 334 g/mol. The standard InChI is InChI=1S/C16H9F7/c17-14-3-1-2-10(8-14)4-5-11-6-12(15(18,19)20)9-13(7-11)16(21,22)23/h1-9H. The van der Waals surface area contributed by atoms with Crippen LogP contribution >= 0.6 is 0 Å². The maximum atomic E-state index is 13.0. The van der Waals surface area contributed by atoms with Crippen LogP contribution in [0.2, 0.25) is 0 Å². The zero-order chi connectivity index (χ0) is 17.3. The number of rotatable bonds is 2. The second-order valence-corrected chi connectivity index (χ2v) is 4.73. The zero-order valence-corrected chi connectivity index (χ0v) is 11.3. The van der Waals surface area contributed by atoms with Crippen LogP contribution in [0.15, 0.2) is 42.5 Å². The zero-order valence-electron chi connectivity index (χ0n) is 11.3. The summed E-state index contributed by atoms with van der Waals surface area (Å²) in [5.74, 6) is -0.563. The molecule has 0 amide bonds. The van der Waals surface area contributed by atoms with Gasteiger partial charge in [-0.3, -0.25) is 0 Å². The van der Waals surface area contributed by atoms with Crippen molar-refractivity contribution in [1.82, 2.24) is 0 Å². The van der Waals surface area contributed by atoms with Gasteiger partial charge in [0.2, 0.25) is 0 Å². The van der Waals surface area contributed by atoms with Gasteiger partial charge in [-0.05, 0) is 41.5 Å². The summed E-state index contributed by atoms with van der Waals surface area (Å²) >= 11 is 0. The van der Waals surface area contributed by atoms with Crippen molar-refractivity contribution in [2.45, 2.75) is 12.4 Å². The van der Waals surface area contributed by atoms with E-state index in [2.05, 4.69) is 0 Å². The second kappa shape index (κ2) is 6.06. The normalized spacial score (nSPS) is 12.8. The van der Waals surface area contributed by atoms with Crippen molar-refractivity contribution < 1.29 is 30.7 Å². The molecule has 0 saturated carbocycles. The van der Waals surface area contributed by atoms with Gasteiger partial charge >= 0.3 is 12.4 Å². The molecule has 0 radical (unpaired) electrons. The van der Waals surface area contributed by atoms with Crippen molar-refractivity contribution in [2.24, 2.45) is 0 Å². The average Bonchev–Trinajstić information content (AvgIpc) is 2.43. The minimum atomic E-state index is -4.90. The average molecular weight is 334 g/mol. The molecular weight excluding hydrogens is 325 g/mol. The molecule has 0 saturated heterocycles. The van der Waals surface area contributed by atoms with Crippen molar-refractivity contribution in [1.29, 1.82) is 0 Å². The van der Waals surface area contributed by atoms with Gasteiger partial charge in [-0.25, -0.2) is 4.39 Å². The lowest BCUT2D eigenvalue weighted by Crippen LogP contribution is -2.11. The molecule has 0 aliphatic heterocycles. The van der Waals surface area contributed by atoms with Gasteiger partial charge in [-0.1, -0.05) is 24.3 Å². The number of benzene rings is 2. The molecule has 0 atom stereocenters. The van der Waals surface area contributed by atoms with Crippen LogP contribution in [0, 0.1) is 5.82 Å². The first-order valence-corrected chi connectivity index (χ1v) is 6.29. The van der Waals surface area contributed by atoms with Crippen LogP contribution in [0.3, 0.4) is 0 Å². The molecule has 2 rings (SSSR count). The number of alkyl halides is 6. The minimum Gasteiger partial charge on any atom is -0.207 e. The summed E-state index contributed by atoms with van der Waals surface area (Å²) in [6.07, 6.45) is -7.50. The molecule has 0 bridgehead atoms. The lowest BCUT2D eigenvalue weighted by atomic mass is 10.0. The summed E-state index contributed by atoms with van der Waals surface area (Å²) in [4.78, 5) is 0. The Morgan fingerprint density at radius 2 is 1.17 bits per heavy atom. The highest BCUT2D eigenvalue weighted by atomic mass is 19.4. The predicted octanol–water partition coefficient (Wildman–Crippen LogP) is 6.03. The maximum absolute atomic E-state index is 13.0. The van der Waals surface area contributed by atoms with E-state index in [1.54, 1.807) is 0 Å². The third kappa shape index (κ3) is 4.58. The van der Waals surface area contributed by atoms with Crippen molar-refractivity contribution in [3.63, 3.8) is 0 Å². The Kier molecular flexibility index (Phi) is 4.49. The Morgan fingerprint density at radius 1 is 0.652 bits per heavy atom. The summed E-state index contributed by atoms with van der Waals surface area (Å²) in [5, 5.41) is 0. The van der Waals surface area contributed by atoms with E-state index in [-0.39, 0.29) is 11.6 Å². The van der Waals surface area contributed by atoms with E-state index in [4.69, 9.17) is 0 Å². The molecule has 0 heterocycles. The third-order valence-electron chi connectivity index (χ3n) is 2.93. The largest absolute Gasteiger partial charge is 0.416 e. The first kappa shape index (κ1) is 17.1. The first-order chi connectivity index (χ1) is 10.6. The van der Waals surface area contributed by atoms with Gasteiger partial charge < -0.3 is 0 Å². The Hall–Kier alpha value is -2.31. The molecule has 23 heavy (non-hydrogen) atoms.